The molecule has 0 fully saturated rings. The third-order valence-electron chi connectivity index (χ3n) is 3.82. The maximum atomic E-state index is 4.44. The number of nitrogens with one attached hydrogen (secondary N) is 1. The second-order valence-electron chi connectivity index (χ2n) is 5.73. The lowest BCUT2D eigenvalue weighted by Crippen LogP contribution is -2.11. The molecule has 5 nitrogen and oxygen atoms in total. The summed E-state index contributed by atoms with van der Waals surface area (Å²) in [5, 5.41) is 7.78. The molecule has 0 bridgehead atoms. The monoisotopic (exact) mass is 307 g/mol. The van der Waals surface area contributed by atoms with Crippen molar-refractivity contribution in [2.24, 2.45) is 0 Å². The van der Waals surface area contributed by atoms with Crippen molar-refractivity contribution in [1.29, 1.82) is 0 Å². The molecule has 1 aromatic carbocycles. The first kappa shape index (κ1) is 15.2. The number of rotatable bonds is 5. The predicted octanol–water partition coefficient (Wildman–Crippen LogP) is 3.51. The van der Waals surface area contributed by atoms with Gasteiger partial charge in [-0.15, -0.1) is 0 Å². The maximum Gasteiger partial charge on any atom is 0.125 e. The van der Waals surface area contributed by atoms with Crippen LogP contribution in [-0.2, 0) is 6.54 Å². The lowest BCUT2D eigenvalue weighted by atomic mass is 10.1. The van der Waals surface area contributed by atoms with E-state index in [-0.39, 0.29) is 6.04 Å². The van der Waals surface area contributed by atoms with Gasteiger partial charge < -0.3 is 5.32 Å². The van der Waals surface area contributed by atoms with Gasteiger partial charge in [0.2, 0.25) is 0 Å². The molecule has 0 saturated heterocycles. The van der Waals surface area contributed by atoms with Crippen molar-refractivity contribution in [3.63, 3.8) is 0 Å². The number of hydrogen-bond acceptors (Lipinski definition) is 4. The van der Waals surface area contributed by atoms with Crippen LogP contribution in [0.2, 0.25) is 0 Å². The highest BCUT2D eigenvalue weighted by Crippen LogP contribution is 2.21. The fraction of sp³-hybridized carbons (Fsp3) is 0.278. The first-order valence-corrected chi connectivity index (χ1v) is 7.75. The molecule has 0 spiro atoms. The van der Waals surface area contributed by atoms with E-state index in [0.29, 0.717) is 0 Å². The Kier molecular flexibility index (Phi) is 4.37. The van der Waals surface area contributed by atoms with Gasteiger partial charge >= 0.3 is 0 Å². The Morgan fingerprint density at radius 2 is 2.09 bits per heavy atom. The molecule has 0 saturated carbocycles. The van der Waals surface area contributed by atoms with Crippen LogP contribution in [0.4, 0.5) is 5.69 Å². The molecule has 0 unspecified atom stereocenters. The van der Waals surface area contributed by atoms with Crippen LogP contribution in [0.1, 0.15) is 35.6 Å². The van der Waals surface area contributed by atoms with Crippen molar-refractivity contribution >= 4 is 5.69 Å². The van der Waals surface area contributed by atoms with Crippen molar-refractivity contribution < 1.29 is 0 Å². The van der Waals surface area contributed by atoms with Crippen LogP contribution in [0.15, 0.2) is 48.9 Å². The Balaban J connectivity index is 1.74. The van der Waals surface area contributed by atoms with Gasteiger partial charge in [0, 0.05) is 35.5 Å². The number of aryl methyl sites for hydroxylation is 2. The zero-order chi connectivity index (χ0) is 16.2. The van der Waals surface area contributed by atoms with E-state index in [1.165, 1.54) is 5.56 Å². The van der Waals surface area contributed by atoms with Gasteiger partial charge in [-0.2, -0.15) is 5.10 Å². The quantitative estimate of drug-likeness (QED) is 0.783. The van der Waals surface area contributed by atoms with Gasteiger partial charge in [-0.3, -0.25) is 4.68 Å². The Morgan fingerprint density at radius 1 is 1.22 bits per heavy atom. The van der Waals surface area contributed by atoms with E-state index < -0.39 is 0 Å². The van der Waals surface area contributed by atoms with Crippen LogP contribution in [-0.4, -0.2) is 19.7 Å². The topological polar surface area (TPSA) is 55.6 Å². The highest BCUT2D eigenvalue weighted by molar-refractivity contribution is 5.48. The first-order chi connectivity index (χ1) is 11.1. The first-order valence-electron chi connectivity index (χ1n) is 7.75. The number of nitrogens with zero attached hydrogens (tertiary/aromatic N) is 4. The van der Waals surface area contributed by atoms with Crippen molar-refractivity contribution in [1.82, 2.24) is 19.7 Å². The molecule has 23 heavy (non-hydrogen) atoms. The molecule has 3 rings (SSSR count). The van der Waals surface area contributed by atoms with E-state index in [9.17, 15) is 0 Å². The number of hydrogen-bond donors (Lipinski definition) is 1. The molecule has 118 valence electrons. The maximum absolute atomic E-state index is 4.44. The van der Waals surface area contributed by atoms with Crippen LogP contribution >= 0.6 is 0 Å². The van der Waals surface area contributed by atoms with E-state index in [2.05, 4.69) is 51.6 Å². The summed E-state index contributed by atoms with van der Waals surface area (Å²) in [7, 11) is 0. The van der Waals surface area contributed by atoms with Gasteiger partial charge in [0.25, 0.3) is 0 Å². The lowest BCUT2D eigenvalue weighted by molar-refractivity contribution is 0.687. The Bertz CT molecular complexity index is 780. The molecule has 2 aromatic heterocycles. The summed E-state index contributed by atoms with van der Waals surface area (Å²) in [5.41, 5.74) is 4.43. The number of anilines is 1. The summed E-state index contributed by atoms with van der Waals surface area (Å²) in [5.74, 6) is 0.805. The molecule has 0 amide bonds. The molecular formula is C18H21N5. The van der Waals surface area contributed by atoms with E-state index in [0.717, 1.165) is 29.3 Å². The molecule has 1 atom stereocenters. The molecule has 0 radical (unpaired) electrons. The fourth-order valence-corrected chi connectivity index (χ4v) is 2.69. The minimum absolute atomic E-state index is 0.149. The molecule has 0 aliphatic rings. The van der Waals surface area contributed by atoms with Gasteiger partial charge in [-0.25, -0.2) is 9.97 Å². The minimum Gasteiger partial charge on any atom is -0.378 e. The van der Waals surface area contributed by atoms with Crippen LogP contribution in [0, 0.1) is 13.8 Å². The summed E-state index contributed by atoms with van der Waals surface area (Å²) in [6.45, 7) is 6.83. The Labute approximate surface area is 136 Å². The zero-order valence-electron chi connectivity index (χ0n) is 13.7. The summed E-state index contributed by atoms with van der Waals surface area (Å²) >= 11 is 0. The molecule has 3 aromatic rings. The predicted molar refractivity (Wildman–Crippen MR) is 91.3 cm³/mol. The minimum atomic E-state index is 0.149. The van der Waals surface area contributed by atoms with Crippen LogP contribution in [0.3, 0.4) is 0 Å². The van der Waals surface area contributed by atoms with Crippen LogP contribution in [0.25, 0.3) is 0 Å². The number of benzene rings is 1. The summed E-state index contributed by atoms with van der Waals surface area (Å²) in [6.07, 6.45) is 5.67. The third kappa shape index (κ3) is 3.74. The molecule has 0 aliphatic heterocycles. The van der Waals surface area contributed by atoms with Crippen LogP contribution < -0.4 is 5.32 Å². The molecule has 5 heteroatoms. The Hall–Kier alpha value is -2.69. The smallest absolute Gasteiger partial charge is 0.125 e. The van der Waals surface area contributed by atoms with Crippen molar-refractivity contribution in [2.75, 3.05) is 5.32 Å². The van der Waals surface area contributed by atoms with E-state index in [1.807, 2.05) is 37.0 Å². The van der Waals surface area contributed by atoms with Crippen molar-refractivity contribution in [3.8, 4) is 0 Å². The largest absolute Gasteiger partial charge is 0.378 e. The molecule has 1 N–H and O–H groups in total. The number of aromatic nitrogens is 4. The van der Waals surface area contributed by atoms with Gasteiger partial charge in [-0.05, 0) is 44.5 Å². The van der Waals surface area contributed by atoms with Gasteiger partial charge in [0.05, 0.1) is 12.6 Å². The van der Waals surface area contributed by atoms with E-state index in [4.69, 9.17) is 0 Å². The Morgan fingerprint density at radius 3 is 2.83 bits per heavy atom. The van der Waals surface area contributed by atoms with Crippen LogP contribution in [0.5, 0.6) is 0 Å². The zero-order valence-corrected chi connectivity index (χ0v) is 13.7. The highest BCUT2D eigenvalue weighted by atomic mass is 15.3. The second kappa shape index (κ2) is 6.60. The standard InChI is InChI=1S/C18H21N5/c1-13-18(11-19-15(3)21-13)14(2)22-17-7-4-6-16(10-17)12-23-9-5-8-20-23/h4-11,14,22H,12H2,1-3H3/t14-/m1/s1. The highest BCUT2D eigenvalue weighted by Gasteiger charge is 2.10. The van der Waals surface area contributed by atoms with E-state index in [1.54, 1.807) is 6.20 Å². The van der Waals surface area contributed by atoms with E-state index >= 15 is 0 Å². The average Bonchev–Trinajstić information content (AvgIpc) is 3.00. The summed E-state index contributed by atoms with van der Waals surface area (Å²) < 4.78 is 1.92. The van der Waals surface area contributed by atoms with Gasteiger partial charge in [0.1, 0.15) is 5.82 Å². The fourth-order valence-electron chi connectivity index (χ4n) is 2.69. The molecular weight excluding hydrogens is 286 g/mol. The normalized spacial score (nSPS) is 12.1. The second-order valence-corrected chi connectivity index (χ2v) is 5.73. The summed E-state index contributed by atoms with van der Waals surface area (Å²) in [4.78, 5) is 8.75. The van der Waals surface area contributed by atoms with Gasteiger partial charge in [-0.1, -0.05) is 12.1 Å². The van der Waals surface area contributed by atoms with Crippen molar-refractivity contribution in [3.05, 3.63) is 71.6 Å². The third-order valence-corrected chi connectivity index (χ3v) is 3.82. The van der Waals surface area contributed by atoms with Gasteiger partial charge in [0.15, 0.2) is 0 Å². The average molecular weight is 307 g/mol. The molecule has 2 heterocycles. The lowest BCUT2D eigenvalue weighted by Gasteiger charge is -2.18. The summed E-state index contributed by atoms with van der Waals surface area (Å²) in [6, 6.07) is 10.5. The molecule has 0 aliphatic carbocycles. The SMILES string of the molecule is Cc1ncc([C@@H](C)Nc2cccc(Cn3cccn3)c2)c(C)n1. The van der Waals surface area contributed by atoms with Crippen molar-refractivity contribution in [2.45, 2.75) is 33.4 Å².